The van der Waals surface area contributed by atoms with E-state index in [1.807, 2.05) is 6.07 Å². The van der Waals surface area contributed by atoms with Gasteiger partial charge in [-0.1, -0.05) is 25.1 Å². The highest BCUT2D eigenvalue weighted by atomic mass is 32.2. The van der Waals surface area contributed by atoms with Crippen LogP contribution < -0.4 is 10.2 Å². The van der Waals surface area contributed by atoms with Gasteiger partial charge in [0.1, 0.15) is 0 Å². The minimum absolute atomic E-state index is 0.167. The maximum atomic E-state index is 13.2. The number of nitrogens with one attached hydrogen (secondary N) is 1. The molecule has 0 radical (unpaired) electrons. The summed E-state index contributed by atoms with van der Waals surface area (Å²) in [5, 5.41) is 12.1. The number of urea groups is 1. The lowest BCUT2D eigenvalue weighted by atomic mass is 9.94. The van der Waals surface area contributed by atoms with Crippen molar-refractivity contribution in [2.45, 2.75) is 37.1 Å². The van der Waals surface area contributed by atoms with E-state index in [0.29, 0.717) is 21.7 Å². The van der Waals surface area contributed by atoms with Crippen molar-refractivity contribution in [3.63, 3.8) is 0 Å². The zero-order chi connectivity index (χ0) is 23.9. The number of nitrogens with zero attached hydrogens (tertiary/aromatic N) is 2. The lowest BCUT2D eigenvalue weighted by molar-refractivity contribution is -0.115. The minimum atomic E-state index is -2.79. The summed E-state index contributed by atoms with van der Waals surface area (Å²) in [5.41, 5.74) is 1.49. The number of amides is 2. The minimum Gasteiger partial charge on any atom is -0.326 e. The Labute approximate surface area is 190 Å². The highest BCUT2D eigenvalue weighted by Gasteiger charge is 2.42. The first-order chi connectivity index (χ1) is 15.7. The van der Waals surface area contributed by atoms with Gasteiger partial charge in [-0.3, -0.25) is 13.9 Å². The molecule has 0 saturated carbocycles. The molecule has 170 valence electrons. The van der Waals surface area contributed by atoms with Gasteiger partial charge in [-0.2, -0.15) is 5.26 Å². The number of carbonyl (C=O) groups is 2. The van der Waals surface area contributed by atoms with Crippen LogP contribution in [0.4, 0.5) is 19.3 Å². The van der Waals surface area contributed by atoms with Crippen molar-refractivity contribution in [3.8, 4) is 6.07 Å². The van der Waals surface area contributed by atoms with E-state index < -0.39 is 28.0 Å². The largest absolute Gasteiger partial charge is 0.327 e. The van der Waals surface area contributed by atoms with Crippen molar-refractivity contribution in [2.24, 2.45) is 0 Å². The Morgan fingerprint density at radius 2 is 2.00 bits per heavy atom. The number of carbonyl (C=O) groups excluding carboxylic acids is 2. The van der Waals surface area contributed by atoms with Gasteiger partial charge in [-0.05, 0) is 51.6 Å². The fraction of sp³-hybridized carbons (Fsp3) is 0.250. The molecule has 1 N–H and O–H groups in total. The first-order valence-corrected chi connectivity index (χ1v) is 12.2. The highest BCUT2D eigenvalue weighted by Crippen LogP contribution is 2.42. The Morgan fingerprint density at radius 1 is 1.24 bits per heavy atom. The summed E-state index contributed by atoms with van der Waals surface area (Å²) in [4.78, 5) is 27.7. The summed E-state index contributed by atoms with van der Waals surface area (Å²) in [6.07, 6.45) is -2.26. The number of benzene rings is 2. The summed E-state index contributed by atoms with van der Waals surface area (Å²) in [5.74, 6) is 3.85. The Balaban J connectivity index is 1.90. The second-order valence-corrected chi connectivity index (χ2v) is 10.5. The molecule has 0 fully saturated rings. The van der Waals surface area contributed by atoms with E-state index in [-0.39, 0.29) is 41.2 Å². The average Bonchev–Trinajstić information content (AvgIpc) is 3.19. The number of halogens is 2. The van der Waals surface area contributed by atoms with Crippen LogP contribution >= 0.6 is 0 Å². The number of allylic oxidation sites excluding steroid dienone is 1. The van der Waals surface area contributed by atoms with Crippen molar-refractivity contribution in [2.75, 3.05) is 10.7 Å². The van der Waals surface area contributed by atoms with Crippen LogP contribution in [0, 0.1) is 11.3 Å². The van der Waals surface area contributed by atoms with Crippen molar-refractivity contribution < 1.29 is 22.6 Å². The fourth-order valence-electron chi connectivity index (χ4n) is 4.23. The molecular formula is C24H21F2N3O3S. The van der Waals surface area contributed by atoms with Gasteiger partial charge in [-0.25, -0.2) is 13.6 Å². The second-order valence-electron chi connectivity index (χ2n) is 7.86. The Bertz CT molecular complexity index is 1340. The van der Waals surface area contributed by atoms with Crippen LogP contribution in [0.2, 0.25) is 0 Å². The summed E-state index contributed by atoms with van der Waals surface area (Å²) in [6.45, 7) is 1.71. The van der Waals surface area contributed by atoms with Gasteiger partial charge in [-0.15, -0.1) is 0 Å². The normalized spacial score (nSPS) is 19.8. The number of anilines is 1. The van der Waals surface area contributed by atoms with Crippen LogP contribution in [0.5, 0.6) is 0 Å². The van der Waals surface area contributed by atoms with Crippen molar-refractivity contribution in [3.05, 3.63) is 70.4 Å². The summed E-state index contributed by atoms with van der Waals surface area (Å²) in [7, 11) is -2.79. The lowest BCUT2D eigenvalue weighted by Gasteiger charge is -2.35. The molecule has 4 rings (SSSR count). The molecule has 6 nitrogen and oxygen atoms in total. The first kappa shape index (κ1) is 22.7. The quantitative estimate of drug-likeness (QED) is 0.654. The lowest BCUT2D eigenvalue weighted by Crippen LogP contribution is -2.47. The van der Waals surface area contributed by atoms with E-state index >= 15 is 0 Å². The zero-order valence-electron chi connectivity index (χ0n) is 17.8. The number of ketones is 1. The number of alkyl halides is 2. The van der Waals surface area contributed by atoms with Gasteiger partial charge in [0.15, 0.2) is 5.78 Å². The van der Waals surface area contributed by atoms with E-state index in [4.69, 9.17) is 0 Å². The van der Waals surface area contributed by atoms with Crippen LogP contribution in [0.1, 0.15) is 48.9 Å². The maximum Gasteiger partial charge on any atom is 0.327 e. The van der Waals surface area contributed by atoms with E-state index in [0.717, 1.165) is 0 Å². The van der Waals surface area contributed by atoms with E-state index in [9.17, 15) is 27.8 Å². The van der Waals surface area contributed by atoms with E-state index in [2.05, 4.69) is 11.2 Å². The molecule has 1 aliphatic carbocycles. The second kappa shape index (κ2) is 8.45. The Kier molecular flexibility index (Phi) is 5.80. The fourth-order valence-corrected chi connectivity index (χ4v) is 5.50. The van der Waals surface area contributed by atoms with E-state index in [1.165, 1.54) is 41.3 Å². The topological polar surface area (TPSA) is 90.3 Å². The first-order valence-electron chi connectivity index (χ1n) is 10.3. The predicted molar refractivity (Wildman–Crippen MR) is 122 cm³/mol. The van der Waals surface area contributed by atoms with Crippen LogP contribution in [0.15, 0.2) is 58.6 Å². The SMILES string of the molecule is C=S(=O)(CC)c1cc(C#N)ccc1[C@H]1NC(=O)N(c2cccc(C(F)F)c2)C2=C1C(=O)CC2. The molecule has 2 amide bonds. The highest BCUT2D eigenvalue weighted by molar-refractivity contribution is 8.00. The Hall–Kier alpha value is -3.51. The van der Waals surface area contributed by atoms with Gasteiger partial charge < -0.3 is 5.32 Å². The molecular weight excluding hydrogens is 448 g/mol. The zero-order valence-corrected chi connectivity index (χ0v) is 18.6. The molecule has 0 aromatic heterocycles. The average molecular weight is 470 g/mol. The molecule has 1 aliphatic heterocycles. The maximum absolute atomic E-state index is 13.2. The molecule has 2 aromatic rings. The van der Waals surface area contributed by atoms with Crippen molar-refractivity contribution >= 4 is 32.9 Å². The summed E-state index contributed by atoms with van der Waals surface area (Å²) < 4.78 is 39.7. The van der Waals surface area contributed by atoms with Crippen molar-refractivity contribution in [1.82, 2.24) is 5.32 Å². The van der Waals surface area contributed by atoms with Crippen LogP contribution in [0.25, 0.3) is 0 Å². The van der Waals surface area contributed by atoms with Gasteiger partial charge >= 0.3 is 6.03 Å². The van der Waals surface area contributed by atoms with Crippen molar-refractivity contribution in [1.29, 1.82) is 5.26 Å². The molecule has 9 heteroatoms. The smallest absolute Gasteiger partial charge is 0.326 e. The molecule has 2 aromatic carbocycles. The molecule has 0 bridgehead atoms. The predicted octanol–water partition coefficient (Wildman–Crippen LogP) is 4.48. The van der Waals surface area contributed by atoms with Gasteiger partial charge in [0.25, 0.3) is 6.43 Å². The number of hydrogen-bond acceptors (Lipinski definition) is 4. The van der Waals surface area contributed by atoms with Crippen LogP contribution in [-0.2, 0) is 14.3 Å². The number of Topliss-reactive ketones (excluding diaryl/α,β-unsaturated/α-hetero) is 1. The van der Waals surface area contributed by atoms with Crippen LogP contribution in [0.3, 0.4) is 0 Å². The molecule has 33 heavy (non-hydrogen) atoms. The molecule has 2 atom stereocenters. The van der Waals surface area contributed by atoms with E-state index in [1.54, 1.807) is 13.0 Å². The van der Waals surface area contributed by atoms with Crippen LogP contribution in [-0.4, -0.2) is 27.6 Å². The number of rotatable bonds is 5. The molecule has 2 aliphatic rings. The third kappa shape index (κ3) is 3.91. The standard InChI is InChI=1S/C24H21F2N3O3S/c1-3-33(2,32)20-11-14(13-27)7-8-17(20)22-21-18(9-10-19(21)30)29(24(31)28-22)16-6-4-5-15(12-16)23(25)26/h4-8,11-12,22-23H,2-3,9-10H2,1H3,(H,28,31)/t22-,33?/m1/s1. The molecule has 1 unspecified atom stereocenters. The third-order valence-electron chi connectivity index (χ3n) is 5.93. The van der Waals surface area contributed by atoms with Gasteiger partial charge in [0, 0.05) is 33.9 Å². The van der Waals surface area contributed by atoms with Gasteiger partial charge in [0.2, 0.25) is 0 Å². The summed E-state index contributed by atoms with van der Waals surface area (Å²) >= 11 is 0. The Morgan fingerprint density at radius 3 is 2.67 bits per heavy atom. The molecule has 0 saturated heterocycles. The monoisotopic (exact) mass is 469 g/mol. The number of hydrogen-bond donors (Lipinski definition) is 1. The molecule has 1 heterocycles. The third-order valence-corrected chi connectivity index (χ3v) is 8.02. The molecule has 0 spiro atoms. The summed E-state index contributed by atoms with van der Waals surface area (Å²) in [6, 6.07) is 10.6. The number of nitriles is 1. The van der Waals surface area contributed by atoms with Gasteiger partial charge in [0.05, 0.1) is 23.4 Å².